The number of benzene rings is 1. The highest BCUT2D eigenvalue weighted by molar-refractivity contribution is 5.39. The average Bonchev–Trinajstić information content (AvgIpc) is 3.21. The van der Waals surface area contributed by atoms with Crippen molar-refractivity contribution in [3.05, 3.63) is 53.3 Å². The van der Waals surface area contributed by atoms with E-state index < -0.39 is 0 Å². The van der Waals surface area contributed by atoms with Gasteiger partial charge in [-0.05, 0) is 35.7 Å². The Kier molecular flexibility index (Phi) is 4.10. The van der Waals surface area contributed by atoms with Gasteiger partial charge in [-0.1, -0.05) is 12.1 Å². The van der Waals surface area contributed by atoms with Crippen LogP contribution in [0.4, 0.5) is 0 Å². The number of ether oxygens (including phenoxy) is 2. The number of nitrogens with zero attached hydrogens (tertiary/aromatic N) is 2. The molecule has 0 amide bonds. The van der Waals surface area contributed by atoms with Gasteiger partial charge in [0.2, 0.25) is 0 Å². The number of morpholine rings is 1. The first-order valence-electron chi connectivity index (χ1n) is 8.49. The van der Waals surface area contributed by atoms with Gasteiger partial charge in [-0.3, -0.25) is 4.90 Å². The van der Waals surface area contributed by atoms with E-state index in [2.05, 4.69) is 53.0 Å². The molecule has 1 aromatic heterocycles. The molecule has 3 heterocycles. The van der Waals surface area contributed by atoms with E-state index in [1.54, 1.807) is 0 Å². The first-order chi connectivity index (χ1) is 11.3. The fourth-order valence-electron chi connectivity index (χ4n) is 3.67. The van der Waals surface area contributed by atoms with E-state index >= 15 is 0 Å². The van der Waals surface area contributed by atoms with Crippen LogP contribution < -0.4 is 4.74 Å². The Hall–Kier alpha value is -1.78. The fourth-order valence-corrected chi connectivity index (χ4v) is 3.67. The molecule has 2 aliphatic rings. The highest BCUT2D eigenvalue weighted by atomic mass is 16.5. The third-order valence-corrected chi connectivity index (χ3v) is 5.01. The van der Waals surface area contributed by atoms with E-state index in [4.69, 9.17) is 9.47 Å². The van der Waals surface area contributed by atoms with Crippen LogP contribution in [0.25, 0.3) is 0 Å². The van der Waals surface area contributed by atoms with Crippen molar-refractivity contribution in [1.82, 2.24) is 9.47 Å². The summed E-state index contributed by atoms with van der Waals surface area (Å²) in [4.78, 5) is 2.56. The van der Waals surface area contributed by atoms with Gasteiger partial charge in [0.15, 0.2) is 0 Å². The predicted octanol–water partition coefficient (Wildman–Crippen LogP) is 2.58. The van der Waals surface area contributed by atoms with E-state index in [9.17, 15) is 0 Å². The molecule has 0 bridgehead atoms. The highest BCUT2D eigenvalue weighted by Gasteiger charge is 2.26. The number of aromatic nitrogens is 1. The van der Waals surface area contributed by atoms with Crippen LogP contribution >= 0.6 is 0 Å². The minimum atomic E-state index is 0.363. The molecule has 0 N–H and O–H groups in total. The number of hydrogen-bond donors (Lipinski definition) is 0. The van der Waals surface area contributed by atoms with Crippen LogP contribution in [0.5, 0.6) is 5.75 Å². The van der Waals surface area contributed by atoms with Gasteiger partial charge in [-0.2, -0.15) is 0 Å². The zero-order chi connectivity index (χ0) is 15.6. The Labute approximate surface area is 137 Å². The summed E-state index contributed by atoms with van der Waals surface area (Å²) in [7, 11) is 2.11. The molecule has 23 heavy (non-hydrogen) atoms. The first kappa shape index (κ1) is 14.8. The van der Waals surface area contributed by atoms with Gasteiger partial charge in [0, 0.05) is 38.4 Å². The predicted molar refractivity (Wildman–Crippen MR) is 89.9 cm³/mol. The van der Waals surface area contributed by atoms with Crippen LogP contribution in [0.1, 0.15) is 22.9 Å². The summed E-state index contributed by atoms with van der Waals surface area (Å²) in [6.07, 6.45) is 4.24. The molecule has 1 atom stereocenters. The zero-order valence-electron chi connectivity index (χ0n) is 13.7. The van der Waals surface area contributed by atoms with Crippen LogP contribution in [0.2, 0.25) is 0 Å². The lowest BCUT2D eigenvalue weighted by Gasteiger charge is -2.36. The molecule has 4 rings (SSSR count). The zero-order valence-corrected chi connectivity index (χ0v) is 13.7. The molecule has 2 aromatic rings. The second-order valence-corrected chi connectivity index (χ2v) is 6.46. The van der Waals surface area contributed by atoms with Gasteiger partial charge < -0.3 is 14.0 Å². The number of aryl methyl sites for hydroxylation is 1. The number of rotatable bonds is 4. The summed E-state index contributed by atoms with van der Waals surface area (Å²) >= 11 is 0. The van der Waals surface area contributed by atoms with E-state index in [1.807, 2.05) is 0 Å². The van der Waals surface area contributed by atoms with Crippen molar-refractivity contribution in [2.24, 2.45) is 7.05 Å². The standard InChI is InChI=1S/C19H24N2O2/c1-20-8-2-3-17(20)18-14-22-12-10-21(18)9-6-15-4-5-19-16(13-15)7-11-23-19/h2-5,8,13,18H,6-7,9-12,14H2,1H3. The largest absolute Gasteiger partial charge is 0.493 e. The Morgan fingerprint density at radius 2 is 2.17 bits per heavy atom. The van der Waals surface area contributed by atoms with Crippen molar-refractivity contribution in [2.45, 2.75) is 18.9 Å². The fraction of sp³-hybridized carbons (Fsp3) is 0.474. The Bertz CT molecular complexity index is 680. The van der Waals surface area contributed by atoms with Crippen LogP contribution in [0.3, 0.4) is 0 Å². The number of hydrogen-bond acceptors (Lipinski definition) is 3. The Morgan fingerprint density at radius 1 is 1.22 bits per heavy atom. The normalized spacial score (nSPS) is 21.2. The minimum absolute atomic E-state index is 0.363. The molecule has 4 nitrogen and oxygen atoms in total. The molecule has 2 aliphatic heterocycles. The summed E-state index contributed by atoms with van der Waals surface area (Å²) in [5.74, 6) is 1.07. The maximum atomic E-state index is 5.73. The molecule has 122 valence electrons. The van der Waals surface area contributed by atoms with Gasteiger partial charge >= 0.3 is 0 Å². The molecule has 1 unspecified atom stereocenters. The summed E-state index contributed by atoms with van der Waals surface area (Å²) in [5.41, 5.74) is 4.11. The van der Waals surface area contributed by atoms with Crippen LogP contribution in [-0.4, -0.2) is 42.4 Å². The molecular weight excluding hydrogens is 288 g/mol. The molecule has 0 saturated carbocycles. The molecular formula is C19H24N2O2. The van der Waals surface area contributed by atoms with Crippen LogP contribution in [-0.2, 0) is 24.6 Å². The summed E-state index contributed by atoms with van der Waals surface area (Å²) < 4.78 is 13.5. The van der Waals surface area contributed by atoms with Crippen molar-refractivity contribution < 1.29 is 9.47 Å². The Morgan fingerprint density at radius 3 is 3.04 bits per heavy atom. The lowest BCUT2D eigenvalue weighted by atomic mass is 10.0. The lowest BCUT2D eigenvalue weighted by molar-refractivity contribution is -0.0103. The van der Waals surface area contributed by atoms with Crippen molar-refractivity contribution in [2.75, 3.05) is 32.9 Å². The third-order valence-electron chi connectivity index (χ3n) is 5.01. The van der Waals surface area contributed by atoms with Crippen molar-refractivity contribution in [3.63, 3.8) is 0 Å². The Balaban J connectivity index is 1.45. The van der Waals surface area contributed by atoms with E-state index in [1.165, 1.54) is 16.8 Å². The lowest BCUT2D eigenvalue weighted by Crippen LogP contribution is -2.41. The molecule has 1 aromatic carbocycles. The van der Waals surface area contributed by atoms with Crippen molar-refractivity contribution in [1.29, 1.82) is 0 Å². The van der Waals surface area contributed by atoms with Crippen LogP contribution in [0, 0.1) is 0 Å². The SMILES string of the molecule is Cn1cccc1C1COCCN1CCc1ccc2c(c1)CCO2. The second kappa shape index (κ2) is 6.38. The van der Waals surface area contributed by atoms with Gasteiger partial charge in [0.05, 0.1) is 25.9 Å². The highest BCUT2D eigenvalue weighted by Crippen LogP contribution is 2.27. The number of fused-ring (bicyclic) bond motifs is 1. The summed E-state index contributed by atoms with van der Waals surface area (Å²) in [6.45, 7) is 4.52. The van der Waals surface area contributed by atoms with Crippen molar-refractivity contribution in [3.8, 4) is 5.75 Å². The quantitative estimate of drug-likeness (QED) is 0.868. The summed E-state index contributed by atoms with van der Waals surface area (Å²) in [5, 5.41) is 0. The minimum Gasteiger partial charge on any atom is -0.493 e. The smallest absolute Gasteiger partial charge is 0.122 e. The third kappa shape index (κ3) is 3.01. The molecule has 0 spiro atoms. The first-order valence-corrected chi connectivity index (χ1v) is 8.49. The van der Waals surface area contributed by atoms with Crippen molar-refractivity contribution >= 4 is 0 Å². The summed E-state index contributed by atoms with van der Waals surface area (Å²) in [6, 6.07) is 11.3. The monoisotopic (exact) mass is 312 g/mol. The van der Waals surface area contributed by atoms with E-state index in [-0.39, 0.29) is 0 Å². The van der Waals surface area contributed by atoms with Gasteiger partial charge in [0.25, 0.3) is 0 Å². The molecule has 4 heteroatoms. The maximum absolute atomic E-state index is 5.73. The second-order valence-electron chi connectivity index (χ2n) is 6.46. The molecule has 1 fully saturated rings. The van der Waals surface area contributed by atoms with Gasteiger partial charge in [-0.25, -0.2) is 0 Å². The molecule has 0 aliphatic carbocycles. The average molecular weight is 312 g/mol. The maximum Gasteiger partial charge on any atom is 0.122 e. The van der Waals surface area contributed by atoms with E-state index in [0.29, 0.717) is 6.04 Å². The van der Waals surface area contributed by atoms with Gasteiger partial charge in [0.1, 0.15) is 5.75 Å². The van der Waals surface area contributed by atoms with Gasteiger partial charge in [-0.15, -0.1) is 0 Å². The molecule has 0 radical (unpaired) electrons. The van der Waals surface area contributed by atoms with E-state index in [0.717, 1.165) is 51.5 Å². The van der Waals surface area contributed by atoms with Crippen LogP contribution in [0.15, 0.2) is 36.5 Å². The topological polar surface area (TPSA) is 26.6 Å². The molecule has 1 saturated heterocycles.